The summed E-state index contributed by atoms with van der Waals surface area (Å²) in [5.41, 5.74) is 0.633. The summed E-state index contributed by atoms with van der Waals surface area (Å²) in [5.74, 6) is 0.647. The molecule has 1 aromatic rings. The van der Waals surface area contributed by atoms with Crippen molar-refractivity contribution in [1.82, 2.24) is 15.1 Å². The van der Waals surface area contributed by atoms with Crippen molar-refractivity contribution < 1.29 is 4.92 Å². The highest BCUT2D eigenvalue weighted by Crippen LogP contribution is 2.32. The van der Waals surface area contributed by atoms with Gasteiger partial charge in [-0.3, -0.25) is 10.1 Å². The molecular weight excluding hydrogens is 234 g/mol. The first-order chi connectivity index (χ1) is 8.54. The number of anilines is 1. The monoisotopic (exact) mass is 253 g/mol. The van der Waals surface area contributed by atoms with Crippen LogP contribution in [0, 0.1) is 17.0 Å². The molecule has 0 aliphatic carbocycles. The number of rotatable bonds is 3. The minimum atomic E-state index is -0.323. The third-order valence-electron chi connectivity index (χ3n) is 3.22. The van der Waals surface area contributed by atoms with Gasteiger partial charge < -0.3 is 10.2 Å². The van der Waals surface area contributed by atoms with E-state index in [1.807, 2.05) is 6.92 Å². The molecule has 7 heteroatoms. The number of aryl methyl sites for hydroxylation is 2. The normalized spacial score (nSPS) is 20.2. The van der Waals surface area contributed by atoms with E-state index in [0.29, 0.717) is 24.1 Å². The molecule has 1 saturated heterocycles. The molecule has 1 fully saturated rings. The third kappa shape index (κ3) is 2.17. The van der Waals surface area contributed by atoms with Crippen molar-refractivity contribution in [2.75, 3.05) is 24.5 Å². The van der Waals surface area contributed by atoms with E-state index in [1.165, 1.54) is 0 Å². The summed E-state index contributed by atoms with van der Waals surface area (Å²) in [6.45, 7) is 8.75. The molecule has 1 aromatic heterocycles. The lowest BCUT2D eigenvalue weighted by Gasteiger charge is -2.32. The fourth-order valence-electron chi connectivity index (χ4n) is 2.43. The van der Waals surface area contributed by atoms with E-state index in [2.05, 4.69) is 22.2 Å². The summed E-state index contributed by atoms with van der Waals surface area (Å²) in [7, 11) is 0. The van der Waals surface area contributed by atoms with Gasteiger partial charge in [-0.2, -0.15) is 5.10 Å². The van der Waals surface area contributed by atoms with Crippen LogP contribution in [0.4, 0.5) is 11.5 Å². The largest absolute Gasteiger partial charge is 0.348 e. The second kappa shape index (κ2) is 4.93. The van der Waals surface area contributed by atoms with Gasteiger partial charge in [-0.25, -0.2) is 4.68 Å². The van der Waals surface area contributed by atoms with Crippen molar-refractivity contribution in [2.24, 2.45) is 0 Å². The van der Waals surface area contributed by atoms with Crippen molar-refractivity contribution in [2.45, 2.75) is 33.4 Å². The molecule has 0 aromatic carbocycles. The Hall–Kier alpha value is -1.63. The summed E-state index contributed by atoms with van der Waals surface area (Å²) in [4.78, 5) is 12.9. The van der Waals surface area contributed by atoms with Gasteiger partial charge in [-0.1, -0.05) is 0 Å². The fourth-order valence-corrected chi connectivity index (χ4v) is 2.43. The zero-order valence-electron chi connectivity index (χ0n) is 11.0. The van der Waals surface area contributed by atoms with Crippen LogP contribution in [0.2, 0.25) is 0 Å². The zero-order valence-corrected chi connectivity index (χ0v) is 11.0. The van der Waals surface area contributed by atoms with Crippen LogP contribution in [0.25, 0.3) is 0 Å². The highest BCUT2D eigenvalue weighted by atomic mass is 16.6. The van der Waals surface area contributed by atoms with Crippen LogP contribution < -0.4 is 10.2 Å². The zero-order chi connectivity index (χ0) is 13.3. The first-order valence-electron chi connectivity index (χ1n) is 6.24. The van der Waals surface area contributed by atoms with E-state index in [1.54, 1.807) is 11.6 Å². The molecule has 2 rings (SSSR count). The van der Waals surface area contributed by atoms with Crippen LogP contribution in [0.15, 0.2) is 0 Å². The minimum absolute atomic E-state index is 0.144. The van der Waals surface area contributed by atoms with E-state index < -0.39 is 0 Å². The molecule has 1 aliphatic rings. The topological polar surface area (TPSA) is 76.2 Å². The van der Waals surface area contributed by atoms with E-state index in [0.717, 1.165) is 19.6 Å². The van der Waals surface area contributed by atoms with E-state index in [-0.39, 0.29) is 10.6 Å². The van der Waals surface area contributed by atoms with Gasteiger partial charge >= 0.3 is 5.69 Å². The maximum atomic E-state index is 11.2. The van der Waals surface area contributed by atoms with Gasteiger partial charge in [0.2, 0.25) is 5.82 Å². The quantitative estimate of drug-likeness (QED) is 0.640. The summed E-state index contributed by atoms with van der Waals surface area (Å²) >= 11 is 0. The predicted octanol–water partition coefficient (Wildman–Crippen LogP) is 0.918. The number of nitrogens with one attached hydrogen (secondary N) is 1. The van der Waals surface area contributed by atoms with Crippen LogP contribution in [0.5, 0.6) is 0 Å². The van der Waals surface area contributed by atoms with Gasteiger partial charge in [-0.15, -0.1) is 0 Å². The average molecular weight is 253 g/mol. The molecule has 0 amide bonds. The Morgan fingerprint density at radius 2 is 2.33 bits per heavy atom. The molecule has 1 atom stereocenters. The maximum Gasteiger partial charge on any atom is 0.333 e. The van der Waals surface area contributed by atoms with Crippen molar-refractivity contribution in [3.63, 3.8) is 0 Å². The number of aromatic nitrogens is 2. The Kier molecular flexibility index (Phi) is 3.51. The van der Waals surface area contributed by atoms with Crippen LogP contribution in [0.3, 0.4) is 0 Å². The highest BCUT2D eigenvalue weighted by molar-refractivity contribution is 5.61. The number of nitrogens with zero attached hydrogens (tertiary/aromatic N) is 4. The van der Waals surface area contributed by atoms with Crippen LogP contribution in [-0.4, -0.2) is 40.4 Å². The lowest BCUT2D eigenvalue weighted by Crippen LogP contribution is -2.50. The Balaban J connectivity index is 2.43. The number of hydrogen-bond donors (Lipinski definition) is 1. The van der Waals surface area contributed by atoms with Crippen LogP contribution >= 0.6 is 0 Å². The first kappa shape index (κ1) is 12.8. The molecule has 100 valence electrons. The van der Waals surface area contributed by atoms with Crippen LogP contribution in [0.1, 0.15) is 19.5 Å². The van der Waals surface area contributed by atoms with Crippen molar-refractivity contribution >= 4 is 11.5 Å². The predicted molar refractivity (Wildman–Crippen MR) is 69.0 cm³/mol. The number of piperazine rings is 1. The first-order valence-corrected chi connectivity index (χ1v) is 6.24. The molecule has 0 bridgehead atoms. The Morgan fingerprint density at radius 3 is 2.89 bits per heavy atom. The van der Waals surface area contributed by atoms with Gasteiger partial charge in [0.15, 0.2) is 0 Å². The fraction of sp³-hybridized carbons (Fsp3) is 0.727. The Labute approximate surface area is 106 Å². The SMILES string of the molecule is CCn1nc(C)c([N+](=O)[O-])c1N1CCNC(C)C1. The van der Waals surface area contributed by atoms with Crippen molar-refractivity contribution in [3.8, 4) is 0 Å². The van der Waals surface area contributed by atoms with Crippen molar-refractivity contribution in [1.29, 1.82) is 0 Å². The molecule has 0 saturated carbocycles. The van der Waals surface area contributed by atoms with Gasteiger partial charge in [0.25, 0.3) is 0 Å². The lowest BCUT2D eigenvalue weighted by molar-refractivity contribution is -0.384. The summed E-state index contributed by atoms with van der Waals surface area (Å²) < 4.78 is 1.73. The van der Waals surface area contributed by atoms with E-state index in [4.69, 9.17) is 0 Å². The maximum absolute atomic E-state index is 11.2. The molecular formula is C11H19N5O2. The third-order valence-corrected chi connectivity index (χ3v) is 3.22. The van der Waals surface area contributed by atoms with Gasteiger partial charge in [-0.05, 0) is 20.8 Å². The smallest absolute Gasteiger partial charge is 0.333 e. The minimum Gasteiger partial charge on any atom is -0.348 e. The Morgan fingerprint density at radius 1 is 1.61 bits per heavy atom. The summed E-state index contributed by atoms with van der Waals surface area (Å²) in [6, 6.07) is 0.332. The molecule has 2 heterocycles. The summed E-state index contributed by atoms with van der Waals surface area (Å²) in [5, 5.41) is 18.8. The summed E-state index contributed by atoms with van der Waals surface area (Å²) in [6.07, 6.45) is 0. The second-order valence-corrected chi connectivity index (χ2v) is 4.63. The van der Waals surface area contributed by atoms with Gasteiger partial charge in [0.05, 0.1) is 4.92 Å². The van der Waals surface area contributed by atoms with Crippen LogP contribution in [-0.2, 0) is 6.54 Å². The molecule has 7 nitrogen and oxygen atoms in total. The average Bonchev–Trinajstić information content (AvgIpc) is 2.66. The van der Waals surface area contributed by atoms with Gasteiger partial charge in [0, 0.05) is 32.2 Å². The Bertz CT molecular complexity index is 457. The molecule has 1 aliphatic heterocycles. The molecule has 18 heavy (non-hydrogen) atoms. The standard InChI is InChI=1S/C11H19N5O2/c1-4-15-11(10(16(17)18)9(3)13-15)14-6-5-12-8(2)7-14/h8,12H,4-7H2,1-3H3. The van der Waals surface area contributed by atoms with Crippen molar-refractivity contribution in [3.05, 3.63) is 15.8 Å². The molecule has 0 spiro atoms. The number of nitro groups is 1. The molecule has 1 N–H and O–H groups in total. The van der Waals surface area contributed by atoms with Gasteiger partial charge in [0.1, 0.15) is 5.69 Å². The van der Waals surface area contributed by atoms with E-state index in [9.17, 15) is 10.1 Å². The lowest BCUT2D eigenvalue weighted by atomic mass is 10.2. The highest BCUT2D eigenvalue weighted by Gasteiger charge is 2.30. The molecule has 1 unspecified atom stereocenters. The number of hydrogen-bond acceptors (Lipinski definition) is 5. The second-order valence-electron chi connectivity index (χ2n) is 4.63. The van der Waals surface area contributed by atoms with E-state index >= 15 is 0 Å². The molecule has 0 radical (unpaired) electrons.